The summed E-state index contributed by atoms with van der Waals surface area (Å²) in [6.07, 6.45) is -1.69. The Morgan fingerprint density at radius 2 is 1.79 bits per heavy atom. The van der Waals surface area contributed by atoms with Crippen molar-refractivity contribution in [3.63, 3.8) is 0 Å². The van der Waals surface area contributed by atoms with Crippen LogP contribution in [0.3, 0.4) is 0 Å². The molecule has 1 heterocycles. The van der Waals surface area contributed by atoms with Crippen LogP contribution in [0.15, 0.2) is 0 Å². The number of rotatable bonds is 5. The fraction of sp³-hybridized carbons (Fsp3) is 0.833. The number of aliphatic hydroxyl groups is 3. The molecule has 1 rings (SSSR count). The third-order valence-electron chi connectivity index (χ3n) is 3.47. The molecule has 110 valence electrons. The average molecular weight is 274 g/mol. The Balaban J connectivity index is 2.94. The highest BCUT2D eigenvalue weighted by molar-refractivity contribution is 5.80. The summed E-state index contributed by atoms with van der Waals surface area (Å²) < 4.78 is 0. The van der Waals surface area contributed by atoms with Crippen molar-refractivity contribution < 1.29 is 24.9 Å². The summed E-state index contributed by atoms with van der Waals surface area (Å²) in [6.45, 7) is 1.39. The lowest BCUT2D eigenvalue weighted by molar-refractivity contribution is -0.137. The molecule has 1 aliphatic heterocycles. The minimum Gasteiger partial charge on any atom is -0.394 e. The van der Waals surface area contributed by atoms with Gasteiger partial charge in [0.1, 0.15) is 12.2 Å². The Morgan fingerprint density at radius 1 is 1.21 bits per heavy atom. The van der Waals surface area contributed by atoms with Crippen molar-refractivity contribution in [2.75, 3.05) is 13.7 Å². The number of hydrogen-bond acceptors (Lipinski definition) is 5. The van der Waals surface area contributed by atoms with Crippen LogP contribution in [-0.4, -0.2) is 70.0 Å². The smallest absolute Gasteiger partial charge is 0.223 e. The molecular weight excluding hydrogens is 252 g/mol. The van der Waals surface area contributed by atoms with Gasteiger partial charge in [0.05, 0.1) is 18.7 Å². The van der Waals surface area contributed by atoms with Crippen molar-refractivity contribution in [1.82, 2.24) is 10.2 Å². The topological polar surface area (TPSA) is 110 Å². The van der Waals surface area contributed by atoms with E-state index in [1.165, 1.54) is 11.9 Å². The minimum atomic E-state index is -1.24. The Morgan fingerprint density at radius 3 is 2.26 bits per heavy atom. The fourth-order valence-corrected chi connectivity index (χ4v) is 2.45. The van der Waals surface area contributed by atoms with Crippen LogP contribution in [0.25, 0.3) is 0 Å². The molecule has 0 bridgehead atoms. The second-order valence-electron chi connectivity index (χ2n) is 4.73. The van der Waals surface area contributed by atoms with E-state index in [2.05, 4.69) is 5.32 Å². The van der Waals surface area contributed by atoms with Crippen LogP contribution in [0.1, 0.15) is 26.2 Å². The van der Waals surface area contributed by atoms with Crippen LogP contribution in [0.2, 0.25) is 0 Å². The molecular formula is C12H22N2O5. The Bertz CT molecular complexity index is 336. The molecule has 0 aliphatic carbocycles. The molecule has 1 fully saturated rings. The van der Waals surface area contributed by atoms with Gasteiger partial charge >= 0.3 is 0 Å². The van der Waals surface area contributed by atoms with Gasteiger partial charge in [-0.3, -0.25) is 9.59 Å². The molecule has 1 saturated heterocycles. The van der Waals surface area contributed by atoms with Crippen molar-refractivity contribution in [2.24, 2.45) is 0 Å². The lowest BCUT2D eigenvalue weighted by Crippen LogP contribution is -2.46. The van der Waals surface area contributed by atoms with Crippen molar-refractivity contribution in [3.05, 3.63) is 0 Å². The normalized spacial score (nSPS) is 30.5. The molecule has 1 unspecified atom stereocenters. The van der Waals surface area contributed by atoms with Crippen LogP contribution >= 0.6 is 0 Å². The Labute approximate surface area is 112 Å². The maximum Gasteiger partial charge on any atom is 0.223 e. The van der Waals surface area contributed by atoms with Gasteiger partial charge in [0.2, 0.25) is 11.8 Å². The zero-order chi connectivity index (χ0) is 14.6. The Hall–Kier alpha value is -1.18. The lowest BCUT2D eigenvalue weighted by atomic mass is 10.1. The van der Waals surface area contributed by atoms with Crippen molar-refractivity contribution in [2.45, 2.75) is 50.5 Å². The highest BCUT2D eigenvalue weighted by atomic mass is 16.3. The van der Waals surface area contributed by atoms with E-state index in [1.54, 1.807) is 0 Å². The van der Waals surface area contributed by atoms with E-state index in [0.29, 0.717) is 6.42 Å². The maximum atomic E-state index is 12.0. The van der Waals surface area contributed by atoms with E-state index in [9.17, 15) is 24.9 Å². The molecule has 0 aromatic heterocycles. The number of aliphatic hydroxyl groups excluding tert-OH is 3. The molecule has 7 nitrogen and oxygen atoms in total. The van der Waals surface area contributed by atoms with Crippen molar-refractivity contribution >= 4 is 11.8 Å². The van der Waals surface area contributed by atoms with Crippen molar-refractivity contribution in [3.8, 4) is 0 Å². The Kier molecular flexibility index (Phi) is 5.71. The van der Waals surface area contributed by atoms with Gasteiger partial charge in [-0.05, 0) is 6.42 Å². The van der Waals surface area contributed by atoms with Gasteiger partial charge in [-0.1, -0.05) is 6.92 Å². The van der Waals surface area contributed by atoms with Gasteiger partial charge in [-0.15, -0.1) is 0 Å². The molecule has 2 amide bonds. The third-order valence-corrected chi connectivity index (χ3v) is 3.47. The van der Waals surface area contributed by atoms with Crippen LogP contribution in [0.4, 0.5) is 0 Å². The molecule has 1 aliphatic rings. The fourth-order valence-electron chi connectivity index (χ4n) is 2.45. The van der Waals surface area contributed by atoms with Gasteiger partial charge in [0.15, 0.2) is 0 Å². The number of amides is 2. The predicted octanol–water partition coefficient (Wildman–Crippen LogP) is -1.78. The van der Waals surface area contributed by atoms with Crippen LogP contribution in [-0.2, 0) is 9.59 Å². The summed E-state index contributed by atoms with van der Waals surface area (Å²) in [5.41, 5.74) is 0. The summed E-state index contributed by atoms with van der Waals surface area (Å²) >= 11 is 0. The van der Waals surface area contributed by atoms with E-state index < -0.39 is 30.9 Å². The molecule has 4 N–H and O–H groups in total. The van der Waals surface area contributed by atoms with Gasteiger partial charge in [0.25, 0.3) is 0 Å². The summed E-state index contributed by atoms with van der Waals surface area (Å²) in [4.78, 5) is 24.7. The predicted molar refractivity (Wildman–Crippen MR) is 67.1 cm³/mol. The number of hydrogen-bond donors (Lipinski definition) is 4. The standard InChI is InChI=1S/C12H22N2O5/c1-3-4-10(17)14-7(5-9(16)13-2)11(18)12(19)8(14)6-15/h7-8,11-12,15,18-19H,3-6H2,1-2H3,(H,13,16)/t7?,8-,11-,12-/m1/s1. The molecule has 7 heteroatoms. The van der Waals surface area contributed by atoms with Crippen LogP contribution in [0.5, 0.6) is 0 Å². The van der Waals surface area contributed by atoms with Gasteiger partial charge in [-0.2, -0.15) is 0 Å². The zero-order valence-corrected chi connectivity index (χ0v) is 11.2. The second kappa shape index (κ2) is 6.83. The van der Waals surface area contributed by atoms with Gasteiger partial charge < -0.3 is 25.5 Å². The van der Waals surface area contributed by atoms with E-state index >= 15 is 0 Å². The molecule has 0 aromatic rings. The average Bonchev–Trinajstić information content (AvgIpc) is 2.63. The van der Waals surface area contributed by atoms with Crippen molar-refractivity contribution in [1.29, 1.82) is 0 Å². The minimum absolute atomic E-state index is 0.0965. The SMILES string of the molecule is CCCC(=O)N1C(CC(=O)NC)[C@@H](O)[C@H](O)[C@H]1CO. The highest BCUT2D eigenvalue weighted by Crippen LogP contribution is 2.28. The van der Waals surface area contributed by atoms with E-state index in [0.717, 1.165) is 0 Å². The first-order valence-corrected chi connectivity index (χ1v) is 6.46. The molecule has 19 heavy (non-hydrogen) atoms. The summed E-state index contributed by atoms with van der Waals surface area (Å²) in [5.74, 6) is -0.602. The molecule has 0 aromatic carbocycles. The number of nitrogens with one attached hydrogen (secondary N) is 1. The summed E-state index contributed by atoms with van der Waals surface area (Å²) in [6, 6.07) is -1.66. The molecule has 0 spiro atoms. The van der Waals surface area contributed by atoms with E-state index in [-0.39, 0.29) is 24.7 Å². The number of carbonyl (C=O) groups excluding carboxylic acids is 2. The molecule has 0 radical (unpaired) electrons. The highest BCUT2D eigenvalue weighted by Gasteiger charge is 2.49. The maximum absolute atomic E-state index is 12.0. The second-order valence-corrected chi connectivity index (χ2v) is 4.73. The van der Waals surface area contributed by atoms with Gasteiger partial charge in [0, 0.05) is 19.9 Å². The first kappa shape index (κ1) is 15.9. The van der Waals surface area contributed by atoms with Crippen LogP contribution < -0.4 is 5.32 Å². The zero-order valence-electron chi connectivity index (χ0n) is 11.2. The van der Waals surface area contributed by atoms with E-state index in [1.807, 2.05) is 6.92 Å². The quantitative estimate of drug-likeness (QED) is 0.473. The summed E-state index contributed by atoms with van der Waals surface area (Å²) in [5, 5.41) is 31.5. The number of nitrogens with zero attached hydrogens (tertiary/aromatic N) is 1. The first-order valence-electron chi connectivity index (χ1n) is 6.46. The van der Waals surface area contributed by atoms with Crippen LogP contribution in [0, 0.1) is 0 Å². The first-order chi connectivity index (χ1) is 8.97. The largest absolute Gasteiger partial charge is 0.394 e. The molecule has 0 saturated carbocycles. The summed E-state index contributed by atoms with van der Waals surface area (Å²) in [7, 11) is 1.46. The monoisotopic (exact) mass is 274 g/mol. The van der Waals surface area contributed by atoms with E-state index in [4.69, 9.17) is 0 Å². The lowest BCUT2D eigenvalue weighted by Gasteiger charge is -2.29. The number of carbonyl (C=O) groups is 2. The molecule has 4 atom stereocenters. The van der Waals surface area contributed by atoms with Gasteiger partial charge in [-0.25, -0.2) is 0 Å². The number of likely N-dealkylation sites (tertiary alicyclic amines) is 1. The third kappa shape index (κ3) is 3.23.